The fourth-order valence-corrected chi connectivity index (χ4v) is 7.12. The summed E-state index contributed by atoms with van der Waals surface area (Å²) < 4.78 is 0. The van der Waals surface area contributed by atoms with E-state index in [4.69, 9.17) is 0 Å². The molecular formula is C13H14N2O4S2. The Morgan fingerprint density at radius 3 is 2.86 bits per heavy atom. The maximum absolute atomic E-state index is 12.9. The second kappa shape index (κ2) is 4.07. The van der Waals surface area contributed by atoms with Crippen molar-refractivity contribution in [3.8, 4) is 0 Å². The quantitative estimate of drug-likeness (QED) is 0.644. The SMILES string of the molecule is CN1C(=O)[C@@]23CC4=CC=C[C@H](O)[C@@H]4N2C(=O)[C@]1(CO)SS3. The number of fused-ring (bicyclic) bond motifs is 3. The van der Waals surface area contributed by atoms with Crippen LogP contribution < -0.4 is 0 Å². The minimum absolute atomic E-state index is 0.178. The van der Waals surface area contributed by atoms with E-state index in [-0.39, 0.29) is 11.8 Å². The molecule has 4 aliphatic heterocycles. The lowest BCUT2D eigenvalue weighted by molar-refractivity contribution is -0.168. The first-order valence-electron chi connectivity index (χ1n) is 6.63. The Labute approximate surface area is 129 Å². The van der Waals surface area contributed by atoms with Crippen molar-refractivity contribution >= 4 is 33.4 Å². The molecule has 112 valence electrons. The van der Waals surface area contributed by atoms with E-state index in [1.165, 1.54) is 31.4 Å². The summed E-state index contributed by atoms with van der Waals surface area (Å²) in [7, 11) is 4.14. The van der Waals surface area contributed by atoms with Gasteiger partial charge >= 0.3 is 0 Å². The van der Waals surface area contributed by atoms with Crippen molar-refractivity contribution in [2.75, 3.05) is 13.7 Å². The van der Waals surface area contributed by atoms with Crippen molar-refractivity contribution < 1.29 is 19.8 Å². The predicted octanol–water partition coefficient (Wildman–Crippen LogP) is -0.304. The number of nitrogens with zero attached hydrogens (tertiary/aromatic N) is 2. The van der Waals surface area contributed by atoms with Gasteiger partial charge in [-0.2, -0.15) is 0 Å². The third kappa shape index (κ3) is 1.35. The lowest BCUT2D eigenvalue weighted by Crippen LogP contribution is -2.77. The molecule has 5 aliphatic rings. The lowest BCUT2D eigenvalue weighted by Gasteiger charge is -2.58. The number of hydrogen-bond acceptors (Lipinski definition) is 6. The van der Waals surface area contributed by atoms with Crippen molar-refractivity contribution in [2.24, 2.45) is 0 Å². The van der Waals surface area contributed by atoms with Gasteiger partial charge in [0.1, 0.15) is 0 Å². The molecule has 4 saturated heterocycles. The number of aliphatic hydroxyl groups is 2. The number of carbonyl (C=O) groups is 2. The molecule has 0 aromatic rings. The Morgan fingerprint density at radius 2 is 2.14 bits per heavy atom. The number of hydrogen-bond donors (Lipinski definition) is 2. The van der Waals surface area contributed by atoms with Crippen molar-refractivity contribution in [3.63, 3.8) is 0 Å². The first kappa shape index (κ1) is 13.7. The lowest BCUT2D eigenvalue weighted by atomic mass is 9.97. The van der Waals surface area contributed by atoms with Crippen LogP contribution >= 0.6 is 21.6 Å². The number of piperazine rings is 1. The molecule has 0 aromatic carbocycles. The van der Waals surface area contributed by atoms with Gasteiger partial charge in [-0.3, -0.25) is 9.59 Å². The van der Waals surface area contributed by atoms with Crippen molar-refractivity contribution in [2.45, 2.75) is 28.3 Å². The first-order valence-corrected chi connectivity index (χ1v) is 8.78. The number of amides is 2. The van der Waals surface area contributed by atoms with Crippen LogP contribution in [0.1, 0.15) is 6.42 Å². The molecule has 2 bridgehead atoms. The first-order chi connectivity index (χ1) is 9.98. The summed E-state index contributed by atoms with van der Waals surface area (Å²) >= 11 is 0. The topological polar surface area (TPSA) is 81.1 Å². The van der Waals surface area contributed by atoms with Crippen molar-refractivity contribution in [1.29, 1.82) is 0 Å². The number of allylic oxidation sites excluding steroid dienone is 2. The van der Waals surface area contributed by atoms with E-state index < -0.39 is 28.5 Å². The van der Waals surface area contributed by atoms with Gasteiger partial charge in [0.2, 0.25) is 4.87 Å². The third-order valence-electron chi connectivity index (χ3n) is 4.70. The van der Waals surface area contributed by atoms with Gasteiger partial charge in [-0.25, -0.2) is 0 Å². The van der Waals surface area contributed by atoms with E-state index in [0.717, 1.165) is 5.57 Å². The number of likely N-dealkylation sites (N-methyl/N-ethyl adjacent to an activating group) is 1. The van der Waals surface area contributed by atoms with E-state index in [0.29, 0.717) is 6.42 Å². The molecule has 6 nitrogen and oxygen atoms in total. The van der Waals surface area contributed by atoms with E-state index in [1.807, 2.05) is 6.08 Å². The van der Waals surface area contributed by atoms with Crippen LogP contribution in [0.4, 0.5) is 0 Å². The maximum Gasteiger partial charge on any atom is 0.264 e. The molecule has 0 radical (unpaired) electrons. The highest BCUT2D eigenvalue weighted by atomic mass is 33.1. The Bertz CT molecular complexity index is 621. The summed E-state index contributed by atoms with van der Waals surface area (Å²) in [5.41, 5.74) is 0.892. The van der Waals surface area contributed by atoms with Gasteiger partial charge in [0.15, 0.2) is 4.87 Å². The van der Waals surface area contributed by atoms with Crippen LogP contribution in [0.15, 0.2) is 23.8 Å². The average molecular weight is 326 g/mol. The highest BCUT2D eigenvalue weighted by molar-refractivity contribution is 8.78. The van der Waals surface area contributed by atoms with Gasteiger partial charge in [0, 0.05) is 13.5 Å². The van der Waals surface area contributed by atoms with Gasteiger partial charge in [0.25, 0.3) is 11.8 Å². The van der Waals surface area contributed by atoms with Crippen molar-refractivity contribution in [1.82, 2.24) is 9.80 Å². The molecule has 4 fully saturated rings. The Hall–Kier alpha value is -0.960. The smallest absolute Gasteiger partial charge is 0.264 e. The second-order valence-electron chi connectivity index (χ2n) is 5.67. The average Bonchev–Trinajstić information content (AvgIpc) is 2.83. The van der Waals surface area contributed by atoms with Gasteiger partial charge in [-0.15, -0.1) is 0 Å². The Balaban J connectivity index is 1.90. The number of aliphatic hydroxyl groups excluding tert-OH is 2. The van der Waals surface area contributed by atoms with Crippen LogP contribution in [0.3, 0.4) is 0 Å². The predicted molar refractivity (Wildman–Crippen MR) is 79.0 cm³/mol. The van der Waals surface area contributed by atoms with E-state index >= 15 is 0 Å². The summed E-state index contributed by atoms with van der Waals surface area (Å²) in [5.74, 6) is -0.471. The monoisotopic (exact) mass is 326 g/mol. The van der Waals surface area contributed by atoms with Crippen LogP contribution in [0.2, 0.25) is 0 Å². The van der Waals surface area contributed by atoms with Crippen LogP contribution in [0, 0.1) is 0 Å². The van der Waals surface area contributed by atoms with Gasteiger partial charge in [0.05, 0.1) is 18.8 Å². The molecule has 0 aromatic heterocycles. The Kier molecular flexibility index (Phi) is 2.65. The van der Waals surface area contributed by atoms with E-state index in [2.05, 4.69) is 0 Å². The fraction of sp³-hybridized carbons (Fsp3) is 0.538. The summed E-state index contributed by atoms with van der Waals surface area (Å²) in [4.78, 5) is 26.4. The largest absolute Gasteiger partial charge is 0.392 e. The summed E-state index contributed by atoms with van der Waals surface area (Å²) in [6.07, 6.45) is 4.87. The minimum Gasteiger partial charge on any atom is -0.392 e. The molecule has 8 heteroatoms. The number of carbonyl (C=O) groups excluding carboxylic acids is 2. The maximum atomic E-state index is 12.9. The van der Waals surface area contributed by atoms with E-state index in [1.54, 1.807) is 19.2 Å². The fourth-order valence-electron chi connectivity index (χ4n) is 3.55. The standard InChI is InChI=1S/C13H14N2O4S2/c1-14-10(18)12-5-7-3-2-4-8(17)9(7)15(12)11(19)13(14,6-16)21-20-12/h2-4,8-9,16-17H,5-6H2,1H3/t8-,9+,12-,13-/m0/s1. The summed E-state index contributed by atoms with van der Waals surface area (Å²) in [6.45, 7) is -0.435. The molecule has 2 amide bonds. The zero-order valence-electron chi connectivity index (χ0n) is 11.2. The highest BCUT2D eigenvalue weighted by Crippen LogP contribution is 2.64. The zero-order valence-corrected chi connectivity index (χ0v) is 12.9. The minimum atomic E-state index is -1.28. The molecule has 1 aliphatic carbocycles. The Morgan fingerprint density at radius 1 is 1.38 bits per heavy atom. The van der Waals surface area contributed by atoms with E-state index in [9.17, 15) is 19.8 Å². The summed E-state index contributed by atoms with van der Waals surface area (Å²) in [5, 5.41) is 20.0. The molecule has 4 heterocycles. The van der Waals surface area contributed by atoms with Gasteiger partial charge in [-0.1, -0.05) is 29.0 Å². The molecule has 0 saturated carbocycles. The second-order valence-corrected chi connectivity index (χ2v) is 8.36. The van der Waals surface area contributed by atoms with Gasteiger partial charge in [-0.05, 0) is 16.4 Å². The normalized spacial score (nSPS) is 44.0. The van der Waals surface area contributed by atoms with Crippen LogP contribution in [0.5, 0.6) is 0 Å². The molecular weight excluding hydrogens is 312 g/mol. The molecule has 0 unspecified atom stereocenters. The van der Waals surface area contributed by atoms with Gasteiger partial charge < -0.3 is 20.0 Å². The van der Waals surface area contributed by atoms with Crippen LogP contribution in [0.25, 0.3) is 0 Å². The molecule has 1 spiro atoms. The zero-order chi connectivity index (χ0) is 15.0. The van der Waals surface area contributed by atoms with Crippen LogP contribution in [-0.2, 0) is 9.59 Å². The van der Waals surface area contributed by atoms with Crippen LogP contribution in [-0.4, -0.2) is 67.4 Å². The molecule has 21 heavy (non-hydrogen) atoms. The highest BCUT2D eigenvalue weighted by Gasteiger charge is 2.73. The number of rotatable bonds is 1. The molecule has 4 atom stereocenters. The summed E-state index contributed by atoms with van der Waals surface area (Å²) in [6, 6.07) is -0.500. The molecule has 2 N–H and O–H groups in total. The third-order valence-corrected chi connectivity index (χ3v) is 8.33. The van der Waals surface area contributed by atoms with Crippen molar-refractivity contribution in [3.05, 3.63) is 23.8 Å². The molecule has 5 rings (SSSR count).